The number of hydrogen-bond acceptors (Lipinski definition) is 5. The molecule has 1 aromatic carbocycles. The van der Waals surface area contributed by atoms with Crippen molar-refractivity contribution in [3.63, 3.8) is 0 Å². The summed E-state index contributed by atoms with van der Waals surface area (Å²) in [5.41, 5.74) is 1.69. The summed E-state index contributed by atoms with van der Waals surface area (Å²) in [6, 6.07) is 4.56. The molecular weight excluding hydrogens is 294 g/mol. The topological polar surface area (TPSA) is 80.8 Å². The number of carbonyl (C=O) groups excluding carboxylic acids is 2. The zero-order chi connectivity index (χ0) is 15.8. The number of fused-ring (bicyclic) bond motifs is 1. The van der Waals surface area contributed by atoms with Gasteiger partial charge in [0.2, 0.25) is 10.0 Å². The van der Waals surface area contributed by atoms with Gasteiger partial charge in [0.05, 0.1) is 17.5 Å². The Morgan fingerprint density at radius 3 is 2.62 bits per heavy atom. The van der Waals surface area contributed by atoms with E-state index in [0.29, 0.717) is 17.7 Å². The molecule has 0 aliphatic carbocycles. The first-order valence-electron chi connectivity index (χ1n) is 6.49. The van der Waals surface area contributed by atoms with Gasteiger partial charge in [-0.15, -0.1) is 0 Å². The Hall–Kier alpha value is -1.89. The molecule has 0 saturated carbocycles. The quantitative estimate of drug-likeness (QED) is 0.779. The molecule has 0 spiro atoms. The molecule has 7 heteroatoms. The van der Waals surface area contributed by atoms with Crippen molar-refractivity contribution in [1.82, 2.24) is 0 Å². The lowest BCUT2D eigenvalue weighted by Gasteiger charge is -2.21. The van der Waals surface area contributed by atoms with Gasteiger partial charge in [-0.3, -0.25) is 9.10 Å². The molecule has 0 saturated heterocycles. The zero-order valence-electron chi connectivity index (χ0n) is 12.1. The van der Waals surface area contributed by atoms with Crippen LogP contribution >= 0.6 is 0 Å². The van der Waals surface area contributed by atoms with Crippen molar-refractivity contribution >= 4 is 27.5 Å². The Labute approximate surface area is 123 Å². The molecule has 6 nitrogen and oxygen atoms in total. The highest BCUT2D eigenvalue weighted by atomic mass is 32.2. The Balaban J connectivity index is 2.28. The molecule has 0 bridgehead atoms. The van der Waals surface area contributed by atoms with Crippen LogP contribution in [0.5, 0.6) is 0 Å². The van der Waals surface area contributed by atoms with Gasteiger partial charge in [-0.1, -0.05) is 0 Å². The number of anilines is 1. The number of hydrogen-bond donors (Lipinski definition) is 0. The molecule has 0 amide bonds. The second-order valence-electron chi connectivity index (χ2n) is 5.23. The normalized spacial score (nSPS) is 17.5. The maximum atomic E-state index is 11.8. The van der Waals surface area contributed by atoms with Crippen molar-refractivity contribution in [3.05, 3.63) is 29.3 Å². The van der Waals surface area contributed by atoms with E-state index < -0.39 is 16.0 Å². The van der Waals surface area contributed by atoms with Crippen molar-refractivity contribution in [1.29, 1.82) is 0 Å². The van der Waals surface area contributed by atoms with Crippen LogP contribution in [-0.4, -0.2) is 39.1 Å². The SMILES string of the molecule is CC(=O)COC(=O)c1ccc2c(c1)C[C@@H](C)N2S(C)(=O)=O. The maximum Gasteiger partial charge on any atom is 0.338 e. The van der Waals surface area contributed by atoms with Gasteiger partial charge < -0.3 is 4.74 Å². The fraction of sp³-hybridized carbons (Fsp3) is 0.429. The van der Waals surface area contributed by atoms with Crippen LogP contribution in [0.15, 0.2) is 18.2 Å². The minimum atomic E-state index is -3.35. The van der Waals surface area contributed by atoms with Crippen molar-refractivity contribution in [2.75, 3.05) is 17.2 Å². The second-order valence-corrected chi connectivity index (χ2v) is 7.09. The average molecular weight is 311 g/mol. The number of ketones is 1. The van der Waals surface area contributed by atoms with Crippen molar-refractivity contribution in [2.45, 2.75) is 26.3 Å². The molecule has 0 N–H and O–H groups in total. The molecule has 1 atom stereocenters. The van der Waals surface area contributed by atoms with E-state index in [0.717, 1.165) is 11.8 Å². The van der Waals surface area contributed by atoms with E-state index in [9.17, 15) is 18.0 Å². The lowest BCUT2D eigenvalue weighted by atomic mass is 10.1. The molecule has 0 fully saturated rings. The molecule has 114 valence electrons. The van der Waals surface area contributed by atoms with Crippen LogP contribution in [0, 0.1) is 0 Å². The van der Waals surface area contributed by atoms with Gasteiger partial charge in [0.25, 0.3) is 0 Å². The van der Waals surface area contributed by atoms with Gasteiger partial charge in [0.15, 0.2) is 5.78 Å². The number of rotatable bonds is 4. The van der Waals surface area contributed by atoms with Crippen LogP contribution in [0.3, 0.4) is 0 Å². The van der Waals surface area contributed by atoms with E-state index in [4.69, 9.17) is 4.74 Å². The first-order valence-corrected chi connectivity index (χ1v) is 8.34. The first kappa shape index (κ1) is 15.5. The average Bonchev–Trinajstić information content (AvgIpc) is 2.70. The van der Waals surface area contributed by atoms with Crippen LogP contribution < -0.4 is 4.31 Å². The molecule has 0 aromatic heterocycles. The Morgan fingerprint density at radius 1 is 1.38 bits per heavy atom. The number of ether oxygens (including phenoxy) is 1. The monoisotopic (exact) mass is 311 g/mol. The summed E-state index contributed by atoms with van der Waals surface area (Å²) < 4.78 is 29.8. The highest BCUT2D eigenvalue weighted by molar-refractivity contribution is 7.92. The summed E-state index contributed by atoms with van der Waals surface area (Å²) in [5.74, 6) is -0.820. The predicted molar refractivity (Wildman–Crippen MR) is 77.9 cm³/mol. The lowest BCUT2D eigenvalue weighted by Crippen LogP contribution is -2.34. The number of carbonyl (C=O) groups is 2. The van der Waals surface area contributed by atoms with Crippen molar-refractivity contribution < 1.29 is 22.7 Å². The molecule has 1 aliphatic rings. The summed E-state index contributed by atoms with van der Waals surface area (Å²) in [6.45, 7) is 2.89. The van der Waals surface area contributed by atoms with Gasteiger partial charge in [-0.2, -0.15) is 0 Å². The van der Waals surface area contributed by atoms with Gasteiger partial charge in [0, 0.05) is 6.04 Å². The van der Waals surface area contributed by atoms with Crippen LogP contribution in [0.1, 0.15) is 29.8 Å². The summed E-state index contributed by atoms with van der Waals surface area (Å²) >= 11 is 0. The fourth-order valence-corrected chi connectivity index (χ4v) is 3.75. The first-order chi connectivity index (χ1) is 9.70. The van der Waals surface area contributed by atoms with E-state index in [1.54, 1.807) is 12.1 Å². The smallest absolute Gasteiger partial charge is 0.338 e. The summed E-state index contributed by atoms with van der Waals surface area (Å²) in [6.07, 6.45) is 1.70. The Kier molecular flexibility index (Phi) is 4.04. The molecule has 2 rings (SSSR count). The summed E-state index contributed by atoms with van der Waals surface area (Å²) in [4.78, 5) is 22.6. The van der Waals surface area contributed by atoms with Crippen LogP contribution in [0.2, 0.25) is 0 Å². The van der Waals surface area contributed by atoms with E-state index in [-0.39, 0.29) is 18.4 Å². The molecule has 0 radical (unpaired) electrons. The van der Waals surface area contributed by atoms with Gasteiger partial charge in [-0.05, 0) is 44.0 Å². The fourth-order valence-electron chi connectivity index (χ4n) is 2.49. The van der Waals surface area contributed by atoms with Gasteiger partial charge >= 0.3 is 5.97 Å². The molecule has 21 heavy (non-hydrogen) atoms. The standard InChI is InChI=1S/C14H17NO5S/c1-9-6-12-7-11(14(17)20-8-10(2)16)4-5-13(12)15(9)21(3,18)19/h4-5,7,9H,6,8H2,1-3H3/t9-/m1/s1. The van der Waals surface area contributed by atoms with E-state index in [1.165, 1.54) is 17.3 Å². The lowest BCUT2D eigenvalue weighted by molar-refractivity contribution is -0.120. The van der Waals surface area contributed by atoms with Gasteiger partial charge in [-0.25, -0.2) is 13.2 Å². The highest BCUT2D eigenvalue weighted by Gasteiger charge is 2.32. The minimum absolute atomic E-state index is 0.182. The molecule has 1 aromatic rings. The van der Waals surface area contributed by atoms with Crippen LogP contribution in [-0.2, 0) is 26.0 Å². The zero-order valence-corrected chi connectivity index (χ0v) is 12.9. The second kappa shape index (κ2) is 5.48. The largest absolute Gasteiger partial charge is 0.454 e. The van der Waals surface area contributed by atoms with E-state index >= 15 is 0 Å². The van der Waals surface area contributed by atoms with E-state index in [1.807, 2.05) is 6.92 Å². The third kappa shape index (κ3) is 3.24. The molecular formula is C14H17NO5S. The van der Waals surface area contributed by atoms with Crippen molar-refractivity contribution in [2.24, 2.45) is 0 Å². The third-order valence-corrected chi connectivity index (χ3v) is 4.50. The highest BCUT2D eigenvalue weighted by Crippen LogP contribution is 2.34. The molecule has 1 aliphatic heterocycles. The predicted octanol–water partition coefficient (Wildman–Crippen LogP) is 1.14. The number of Topliss-reactive ketones (excluding diaryl/α,β-unsaturated/α-hetero) is 1. The Bertz CT molecular complexity index is 695. The third-order valence-electron chi connectivity index (χ3n) is 3.23. The Morgan fingerprint density at radius 2 is 2.05 bits per heavy atom. The summed E-state index contributed by atoms with van der Waals surface area (Å²) in [7, 11) is -3.35. The van der Waals surface area contributed by atoms with Crippen LogP contribution in [0.25, 0.3) is 0 Å². The van der Waals surface area contributed by atoms with Crippen molar-refractivity contribution in [3.8, 4) is 0 Å². The minimum Gasteiger partial charge on any atom is -0.454 e. The number of benzene rings is 1. The summed E-state index contributed by atoms with van der Waals surface area (Å²) in [5, 5.41) is 0. The van der Waals surface area contributed by atoms with Crippen LogP contribution in [0.4, 0.5) is 5.69 Å². The number of nitrogens with zero attached hydrogens (tertiary/aromatic N) is 1. The number of sulfonamides is 1. The molecule has 0 unspecified atom stereocenters. The van der Waals surface area contributed by atoms with E-state index in [2.05, 4.69) is 0 Å². The maximum absolute atomic E-state index is 11.8. The number of esters is 1. The van der Waals surface area contributed by atoms with Gasteiger partial charge in [0.1, 0.15) is 6.61 Å². The molecule has 1 heterocycles.